The van der Waals surface area contributed by atoms with Gasteiger partial charge in [-0.3, -0.25) is 0 Å². The van der Waals surface area contributed by atoms with Crippen LogP contribution in [-0.4, -0.2) is 43.0 Å². The van der Waals surface area contributed by atoms with Crippen molar-refractivity contribution in [2.75, 3.05) is 18.5 Å². The van der Waals surface area contributed by atoms with Crippen molar-refractivity contribution in [3.8, 4) is 5.95 Å². The number of aromatic nitrogens is 5. The summed E-state index contributed by atoms with van der Waals surface area (Å²) in [4.78, 5) is 12.4. The van der Waals surface area contributed by atoms with Crippen LogP contribution < -0.4 is 5.32 Å². The van der Waals surface area contributed by atoms with Crippen molar-refractivity contribution in [1.82, 2.24) is 24.7 Å². The first-order valence-electron chi connectivity index (χ1n) is 6.97. The maximum Gasteiger partial charge on any atom is 0.256 e. The van der Waals surface area contributed by atoms with Gasteiger partial charge in [-0.2, -0.15) is 20.1 Å². The van der Waals surface area contributed by atoms with Gasteiger partial charge < -0.3 is 10.4 Å². The van der Waals surface area contributed by atoms with Crippen molar-refractivity contribution in [2.45, 2.75) is 25.7 Å². The van der Waals surface area contributed by atoms with Gasteiger partial charge in [-0.25, -0.2) is 4.68 Å². The Labute approximate surface area is 127 Å². The maximum absolute atomic E-state index is 9.62. The van der Waals surface area contributed by atoms with Crippen LogP contribution in [0.5, 0.6) is 0 Å². The van der Waals surface area contributed by atoms with Crippen molar-refractivity contribution in [3.05, 3.63) is 23.7 Å². The molecule has 8 heteroatoms. The topological polar surface area (TPSA) is 88.8 Å². The SMILES string of the molecule is OCC1(CNc2nc(Cl)nc(-n3cccn3)n2)CCCC1. The van der Waals surface area contributed by atoms with E-state index in [0.29, 0.717) is 18.4 Å². The molecule has 7 nitrogen and oxygen atoms in total. The highest BCUT2D eigenvalue weighted by atomic mass is 35.5. The number of halogens is 1. The van der Waals surface area contributed by atoms with Crippen LogP contribution in [0.2, 0.25) is 5.28 Å². The summed E-state index contributed by atoms with van der Waals surface area (Å²) >= 11 is 5.94. The highest BCUT2D eigenvalue weighted by molar-refractivity contribution is 6.28. The molecule has 0 radical (unpaired) electrons. The van der Waals surface area contributed by atoms with Crippen molar-refractivity contribution < 1.29 is 5.11 Å². The summed E-state index contributed by atoms with van der Waals surface area (Å²) in [6.07, 6.45) is 7.71. The highest BCUT2D eigenvalue weighted by Crippen LogP contribution is 2.37. The third kappa shape index (κ3) is 3.14. The first-order valence-corrected chi connectivity index (χ1v) is 7.35. The highest BCUT2D eigenvalue weighted by Gasteiger charge is 2.33. The quantitative estimate of drug-likeness (QED) is 0.873. The molecule has 0 amide bonds. The van der Waals surface area contributed by atoms with Gasteiger partial charge in [-0.15, -0.1) is 0 Å². The standard InChI is InChI=1S/C13H17ClN6O/c14-10-17-11(15-8-13(9-21)4-1-2-5-13)19-12(18-10)20-7-3-6-16-20/h3,6-7,21H,1-2,4-5,8-9H2,(H,15,17,18,19). The minimum atomic E-state index is -0.0784. The van der Waals surface area contributed by atoms with Gasteiger partial charge in [0.05, 0.1) is 6.61 Å². The largest absolute Gasteiger partial charge is 0.396 e. The van der Waals surface area contributed by atoms with Crippen LogP contribution in [0.4, 0.5) is 5.95 Å². The van der Waals surface area contributed by atoms with Gasteiger partial charge in [0.1, 0.15) is 0 Å². The Morgan fingerprint density at radius 1 is 1.29 bits per heavy atom. The van der Waals surface area contributed by atoms with Gasteiger partial charge in [0.2, 0.25) is 11.2 Å². The number of anilines is 1. The van der Waals surface area contributed by atoms with E-state index >= 15 is 0 Å². The second-order valence-corrected chi connectivity index (χ2v) is 5.74. The molecule has 21 heavy (non-hydrogen) atoms. The summed E-state index contributed by atoms with van der Waals surface area (Å²) < 4.78 is 1.52. The van der Waals surface area contributed by atoms with Crippen molar-refractivity contribution in [2.24, 2.45) is 5.41 Å². The lowest BCUT2D eigenvalue weighted by Crippen LogP contribution is -2.31. The van der Waals surface area contributed by atoms with Crippen LogP contribution in [0, 0.1) is 5.41 Å². The van der Waals surface area contributed by atoms with E-state index in [4.69, 9.17) is 11.6 Å². The van der Waals surface area contributed by atoms with Crippen molar-refractivity contribution >= 4 is 17.5 Å². The first-order chi connectivity index (χ1) is 10.2. The molecule has 0 spiro atoms. The minimum absolute atomic E-state index is 0.0784. The van der Waals surface area contributed by atoms with Crippen molar-refractivity contribution in [3.63, 3.8) is 0 Å². The summed E-state index contributed by atoms with van der Waals surface area (Å²) in [5.41, 5.74) is -0.0784. The summed E-state index contributed by atoms with van der Waals surface area (Å²) in [6, 6.07) is 1.78. The van der Waals surface area contributed by atoms with Gasteiger partial charge >= 0.3 is 0 Å². The number of aliphatic hydroxyl groups excluding tert-OH is 1. The summed E-state index contributed by atoms with van der Waals surface area (Å²) in [5.74, 6) is 0.771. The zero-order valence-corrected chi connectivity index (χ0v) is 12.3. The van der Waals surface area contributed by atoms with Gasteiger partial charge in [-0.1, -0.05) is 12.8 Å². The predicted molar refractivity (Wildman–Crippen MR) is 78.4 cm³/mol. The molecule has 1 saturated carbocycles. The third-order valence-electron chi connectivity index (χ3n) is 3.93. The number of nitrogens with zero attached hydrogens (tertiary/aromatic N) is 5. The molecule has 0 saturated heterocycles. The van der Waals surface area contributed by atoms with Gasteiger partial charge in [-0.05, 0) is 30.5 Å². The molecule has 0 atom stereocenters. The molecular formula is C13H17ClN6O. The number of nitrogens with one attached hydrogen (secondary N) is 1. The van der Waals surface area contributed by atoms with Crippen LogP contribution in [0.3, 0.4) is 0 Å². The molecule has 0 aromatic carbocycles. The zero-order chi connectivity index (χ0) is 14.7. The molecule has 2 aromatic rings. The fourth-order valence-corrected chi connectivity index (χ4v) is 2.85. The van der Waals surface area contributed by atoms with E-state index in [1.807, 2.05) is 0 Å². The minimum Gasteiger partial charge on any atom is -0.396 e. The van der Waals surface area contributed by atoms with Gasteiger partial charge in [0.15, 0.2) is 0 Å². The summed E-state index contributed by atoms with van der Waals surface area (Å²) in [5, 5.41) is 17.0. The monoisotopic (exact) mass is 308 g/mol. The maximum atomic E-state index is 9.62. The first kappa shape index (κ1) is 14.2. The Bertz CT molecular complexity index is 597. The summed E-state index contributed by atoms with van der Waals surface area (Å²) in [6.45, 7) is 0.799. The second kappa shape index (κ2) is 5.95. The number of aliphatic hydroxyl groups is 1. The van der Waals surface area contributed by atoms with Crippen LogP contribution >= 0.6 is 11.6 Å². The van der Waals surface area contributed by atoms with Crippen LogP contribution in [-0.2, 0) is 0 Å². The van der Waals surface area contributed by atoms with E-state index in [9.17, 15) is 5.11 Å². The van der Waals surface area contributed by atoms with E-state index in [2.05, 4.69) is 25.4 Å². The van der Waals surface area contributed by atoms with E-state index in [1.165, 1.54) is 4.68 Å². The molecule has 0 unspecified atom stereocenters. The second-order valence-electron chi connectivity index (χ2n) is 5.40. The van der Waals surface area contributed by atoms with E-state index in [-0.39, 0.29) is 17.3 Å². The molecule has 2 heterocycles. The Balaban J connectivity index is 1.76. The molecule has 0 aliphatic heterocycles. The van der Waals surface area contributed by atoms with Crippen molar-refractivity contribution in [1.29, 1.82) is 0 Å². The van der Waals surface area contributed by atoms with Gasteiger partial charge in [0, 0.05) is 24.4 Å². The van der Waals surface area contributed by atoms with E-state index in [0.717, 1.165) is 25.7 Å². The van der Waals surface area contributed by atoms with E-state index in [1.54, 1.807) is 18.5 Å². The fraction of sp³-hybridized carbons (Fsp3) is 0.538. The smallest absolute Gasteiger partial charge is 0.256 e. The number of rotatable bonds is 5. The summed E-state index contributed by atoms with van der Waals surface area (Å²) in [7, 11) is 0. The lowest BCUT2D eigenvalue weighted by atomic mass is 9.87. The molecular weight excluding hydrogens is 292 g/mol. The Hall–Kier alpha value is -1.73. The van der Waals surface area contributed by atoms with Gasteiger partial charge in [0.25, 0.3) is 5.95 Å². The lowest BCUT2D eigenvalue weighted by molar-refractivity contribution is 0.142. The number of hydrogen-bond donors (Lipinski definition) is 2. The molecule has 112 valence electrons. The zero-order valence-electron chi connectivity index (χ0n) is 11.5. The third-order valence-corrected chi connectivity index (χ3v) is 4.10. The average molecular weight is 309 g/mol. The lowest BCUT2D eigenvalue weighted by Gasteiger charge is -2.26. The number of hydrogen-bond acceptors (Lipinski definition) is 6. The average Bonchev–Trinajstić information content (AvgIpc) is 3.17. The van der Waals surface area contributed by atoms with E-state index < -0.39 is 0 Å². The molecule has 2 N–H and O–H groups in total. The molecule has 3 rings (SSSR count). The molecule has 1 fully saturated rings. The van der Waals surface area contributed by atoms with Crippen LogP contribution in [0.1, 0.15) is 25.7 Å². The van der Waals surface area contributed by atoms with Crippen LogP contribution in [0.25, 0.3) is 5.95 Å². The van der Waals surface area contributed by atoms with Crippen LogP contribution in [0.15, 0.2) is 18.5 Å². The molecule has 0 bridgehead atoms. The molecule has 2 aromatic heterocycles. The Morgan fingerprint density at radius 3 is 2.76 bits per heavy atom. The predicted octanol–water partition coefficient (Wildman–Crippen LogP) is 1.68. The Morgan fingerprint density at radius 2 is 2.10 bits per heavy atom. The fourth-order valence-electron chi connectivity index (χ4n) is 2.69. The molecule has 1 aliphatic carbocycles. The molecule has 1 aliphatic rings. The Kier molecular flexibility index (Phi) is 4.03. The normalized spacial score (nSPS) is 17.0.